The number of imide groups is 1. The molecular weight excluding hydrogens is 402 g/mol. The van der Waals surface area contributed by atoms with Crippen LogP contribution in [0, 0.1) is 22.7 Å². The Labute approximate surface area is 177 Å². The first kappa shape index (κ1) is 19.7. The van der Waals surface area contributed by atoms with Gasteiger partial charge in [0, 0.05) is 6.42 Å². The number of rotatable bonds is 5. The second-order valence-electron chi connectivity index (χ2n) is 7.04. The number of hydrogen-bond donors (Lipinski definition) is 1. The highest BCUT2D eigenvalue weighted by atomic mass is 32.2. The zero-order valence-corrected chi connectivity index (χ0v) is 16.9. The fraction of sp³-hybridized carbons (Fsp3) is 0.286. The summed E-state index contributed by atoms with van der Waals surface area (Å²) >= 11 is 1.05. The van der Waals surface area contributed by atoms with Gasteiger partial charge in [-0.3, -0.25) is 9.59 Å². The van der Waals surface area contributed by atoms with Crippen LogP contribution in [0.5, 0.6) is 5.75 Å². The maximum absolute atomic E-state index is 13.0. The minimum atomic E-state index is -0.724. The fourth-order valence-electron chi connectivity index (χ4n) is 3.52. The number of carbonyl (C=O) groups is 2. The number of hydrogen-bond acceptors (Lipinski definition) is 8. The number of thioether (sulfide) groups is 1. The predicted octanol–water partition coefficient (Wildman–Crippen LogP) is 2.72. The number of nitriles is 2. The van der Waals surface area contributed by atoms with Gasteiger partial charge in [0.25, 0.3) is 0 Å². The van der Waals surface area contributed by atoms with E-state index in [2.05, 4.69) is 11.1 Å². The van der Waals surface area contributed by atoms with Gasteiger partial charge in [0.15, 0.2) is 0 Å². The number of benzene rings is 1. The van der Waals surface area contributed by atoms with E-state index in [0.29, 0.717) is 22.0 Å². The van der Waals surface area contributed by atoms with Crippen LogP contribution in [0.1, 0.15) is 41.9 Å². The molecule has 1 aliphatic carbocycles. The Balaban J connectivity index is 1.65. The van der Waals surface area contributed by atoms with Crippen molar-refractivity contribution < 1.29 is 14.3 Å². The fourth-order valence-corrected chi connectivity index (χ4v) is 4.65. The van der Waals surface area contributed by atoms with Gasteiger partial charge >= 0.3 is 0 Å². The first-order chi connectivity index (χ1) is 14.5. The molecule has 2 heterocycles. The van der Waals surface area contributed by atoms with E-state index in [1.807, 2.05) is 6.07 Å². The molecule has 2 aromatic rings. The number of carbonyl (C=O) groups excluding carboxylic acids is 2. The molecule has 2 amide bonds. The molecule has 0 radical (unpaired) electrons. The quantitative estimate of drug-likeness (QED) is 0.731. The number of aromatic nitrogens is 1. The third-order valence-corrected chi connectivity index (χ3v) is 6.30. The van der Waals surface area contributed by atoms with Gasteiger partial charge < -0.3 is 10.5 Å². The van der Waals surface area contributed by atoms with Crippen LogP contribution in [0.2, 0.25) is 0 Å². The van der Waals surface area contributed by atoms with Gasteiger partial charge in [0.1, 0.15) is 28.7 Å². The third kappa shape index (κ3) is 3.34. The van der Waals surface area contributed by atoms with Gasteiger partial charge in [0.2, 0.25) is 11.8 Å². The molecule has 8 nitrogen and oxygen atoms in total. The summed E-state index contributed by atoms with van der Waals surface area (Å²) < 4.78 is 5.11. The summed E-state index contributed by atoms with van der Waals surface area (Å²) in [6.07, 6.45) is 1.74. The second kappa shape index (κ2) is 7.69. The Kier molecular flexibility index (Phi) is 5.06. The molecule has 1 aromatic carbocycles. The van der Waals surface area contributed by atoms with Crippen LogP contribution in [0.3, 0.4) is 0 Å². The zero-order valence-electron chi connectivity index (χ0n) is 16.1. The van der Waals surface area contributed by atoms with Gasteiger partial charge in [-0.05, 0) is 48.6 Å². The lowest BCUT2D eigenvalue weighted by Crippen LogP contribution is -2.31. The Bertz CT molecular complexity index is 1130. The molecule has 1 saturated carbocycles. The Morgan fingerprint density at radius 2 is 1.83 bits per heavy atom. The number of anilines is 2. The Morgan fingerprint density at radius 3 is 2.40 bits per heavy atom. The molecule has 0 unspecified atom stereocenters. The summed E-state index contributed by atoms with van der Waals surface area (Å²) in [5.41, 5.74) is 7.55. The van der Waals surface area contributed by atoms with Gasteiger partial charge in [-0.25, -0.2) is 9.88 Å². The molecule has 1 aromatic heterocycles. The van der Waals surface area contributed by atoms with E-state index in [1.54, 1.807) is 24.3 Å². The first-order valence-electron chi connectivity index (χ1n) is 9.29. The molecule has 9 heteroatoms. The molecule has 150 valence electrons. The number of nitrogen functional groups attached to an aromatic ring is 1. The van der Waals surface area contributed by atoms with E-state index in [1.165, 1.54) is 7.11 Å². The number of amides is 2. The molecule has 1 atom stereocenters. The van der Waals surface area contributed by atoms with Crippen LogP contribution in [0.15, 0.2) is 29.3 Å². The minimum absolute atomic E-state index is 0.0131. The average molecular weight is 419 g/mol. The van der Waals surface area contributed by atoms with Crippen molar-refractivity contribution in [2.45, 2.75) is 35.5 Å². The van der Waals surface area contributed by atoms with Crippen molar-refractivity contribution in [3.63, 3.8) is 0 Å². The maximum atomic E-state index is 13.0. The third-order valence-electron chi connectivity index (χ3n) is 5.13. The van der Waals surface area contributed by atoms with E-state index < -0.39 is 5.25 Å². The van der Waals surface area contributed by atoms with E-state index in [4.69, 9.17) is 10.5 Å². The highest BCUT2D eigenvalue weighted by molar-refractivity contribution is 8.00. The normalized spacial score (nSPS) is 18.2. The van der Waals surface area contributed by atoms with Crippen LogP contribution in [0.25, 0.3) is 0 Å². The number of pyridine rings is 1. The van der Waals surface area contributed by atoms with Gasteiger partial charge in [-0.2, -0.15) is 10.5 Å². The summed E-state index contributed by atoms with van der Waals surface area (Å²) in [7, 11) is 1.53. The van der Waals surface area contributed by atoms with Crippen LogP contribution in [-0.2, 0) is 9.59 Å². The van der Waals surface area contributed by atoms with E-state index in [-0.39, 0.29) is 41.1 Å². The lowest BCUT2D eigenvalue weighted by atomic mass is 10.0. The van der Waals surface area contributed by atoms with Crippen molar-refractivity contribution >= 4 is 35.1 Å². The molecule has 2 fully saturated rings. The topological polar surface area (TPSA) is 133 Å². The zero-order chi connectivity index (χ0) is 21.4. The standard InChI is InChI=1S/C21H17N5O3S/c1-29-13-6-4-12(5-7-13)26-17(27)8-16(21(26)28)30-20-15(10-23)18(11-2-3-11)14(9-22)19(24)25-20/h4-7,11,16H,2-3,8H2,1H3,(H2,24,25)/t16-/m1/s1. The van der Waals surface area contributed by atoms with Crippen LogP contribution >= 0.6 is 11.8 Å². The van der Waals surface area contributed by atoms with Crippen molar-refractivity contribution in [2.24, 2.45) is 0 Å². The summed E-state index contributed by atoms with van der Waals surface area (Å²) in [6, 6.07) is 10.8. The summed E-state index contributed by atoms with van der Waals surface area (Å²) in [5, 5.41) is 18.7. The van der Waals surface area contributed by atoms with Crippen LogP contribution in [0.4, 0.5) is 11.5 Å². The Hall–Kier alpha value is -3.56. The van der Waals surface area contributed by atoms with Crippen molar-refractivity contribution in [1.29, 1.82) is 10.5 Å². The highest BCUT2D eigenvalue weighted by Gasteiger charge is 2.41. The highest BCUT2D eigenvalue weighted by Crippen LogP contribution is 2.46. The van der Waals surface area contributed by atoms with Crippen molar-refractivity contribution in [2.75, 3.05) is 17.7 Å². The molecule has 1 saturated heterocycles. The molecule has 1 aliphatic heterocycles. The molecule has 2 N–H and O–H groups in total. The van der Waals surface area contributed by atoms with Crippen LogP contribution in [-0.4, -0.2) is 29.2 Å². The van der Waals surface area contributed by atoms with Crippen molar-refractivity contribution in [3.05, 3.63) is 41.0 Å². The lowest BCUT2D eigenvalue weighted by Gasteiger charge is -2.16. The number of nitrogens with zero attached hydrogens (tertiary/aromatic N) is 4. The van der Waals surface area contributed by atoms with Gasteiger partial charge in [-0.15, -0.1) is 0 Å². The van der Waals surface area contributed by atoms with E-state index >= 15 is 0 Å². The monoisotopic (exact) mass is 419 g/mol. The average Bonchev–Trinajstić information content (AvgIpc) is 3.54. The maximum Gasteiger partial charge on any atom is 0.247 e. The summed E-state index contributed by atoms with van der Waals surface area (Å²) in [6.45, 7) is 0. The molecule has 30 heavy (non-hydrogen) atoms. The lowest BCUT2D eigenvalue weighted by molar-refractivity contribution is -0.121. The second-order valence-corrected chi connectivity index (χ2v) is 8.23. The molecule has 4 rings (SSSR count). The smallest absolute Gasteiger partial charge is 0.247 e. The number of methoxy groups -OCH3 is 1. The summed E-state index contributed by atoms with van der Waals surface area (Å²) in [5.74, 6) is 0.0644. The van der Waals surface area contributed by atoms with Gasteiger partial charge in [0.05, 0.1) is 29.2 Å². The molecule has 0 bridgehead atoms. The molecular formula is C21H17N5O3S. The SMILES string of the molecule is COc1ccc(N2C(=O)C[C@@H](Sc3nc(N)c(C#N)c(C4CC4)c3C#N)C2=O)cc1. The van der Waals surface area contributed by atoms with E-state index in [9.17, 15) is 20.1 Å². The number of ether oxygens (including phenoxy) is 1. The predicted molar refractivity (Wildman–Crippen MR) is 110 cm³/mol. The van der Waals surface area contributed by atoms with Crippen molar-refractivity contribution in [3.8, 4) is 17.9 Å². The Morgan fingerprint density at radius 1 is 1.17 bits per heavy atom. The number of nitrogens with two attached hydrogens (primary N) is 1. The molecule has 0 spiro atoms. The minimum Gasteiger partial charge on any atom is -0.497 e. The summed E-state index contributed by atoms with van der Waals surface area (Å²) in [4.78, 5) is 30.9. The molecule has 2 aliphatic rings. The van der Waals surface area contributed by atoms with E-state index in [0.717, 1.165) is 29.5 Å². The first-order valence-corrected chi connectivity index (χ1v) is 10.2. The van der Waals surface area contributed by atoms with Crippen molar-refractivity contribution in [1.82, 2.24) is 4.98 Å². The van der Waals surface area contributed by atoms with Gasteiger partial charge in [-0.1, -0.05) is 11.8 Å². The van der Waals surface area contributed by atoms with Crippen LogP contribution < -0.4 is 15.4 Å². The largest absolute Gasteiger partial charge is 0.497 e.